The second-order valence-corrected chi connectivity index (χ2v) is 6.38. The Hall–Kier alpha value is -3.68. The standard InChI is InChI=1S/C21H22N4O4/c1-3-4-11-22-19(26)17-16-10-5-6-12-25(16)18(24-17)20(27)23-15-9-7-8-14(13-15)21(28)29-2/h5-10,12-13H,3-4,11H2,1-2H3,(H,22,26)(H,23,27). The quantitative estimate of drug-likeness (QED) is 0.474. The first kappa shape index (κ1) is 20.1. The van der Waals surface area contributed by atoms with E-state index in [2.05, 4.69) is 15.6 Å². The molecule has 0 fully saturated rings. The Bertz CT molecular complexity index is 1060. The lowest BCUT2D eigenvalue weighted by atomic mass is 10.2. The van der Waals surface area contributed by atoms with Crippen molar-refractivity contribution in [3.8, 4) is 0 Å². The van der Waals surface area contributed by atoms with Crippen LogP contribution < -0.4 is 10.6 Å². The lowest BCUT2D eigenvalue weighted by Crippen LogP contribution is -2.25. The third kappa shape index (κ3) is 4.43. The van der Waals surface area contributed by atoms with Crippen molar-refractivity contribution in [2.45, 2.75) is 19.8 Å². The van der Waals surface area contributed by atoms with Crippen molar-refractivity contribution in [2.75, 3.05) is 19.0 Å². The Morgan fingerprint density at radius 2 is 1.93 bits per heavy atom. The van der Waals surface area contributed by atoms with Crippen LogP contribution in [-0.2, 0) is 4.74 Å². The summed E-state index contributed by atoms with van der Waals surface area (Å²) in [7, 11) is 1.29. The highest BCUT2D eigenvalue weighted by Gasteiger charge is 2.21. The van der Waals surface area contributed by atoms with Crippen molar-refractivity contribution in [1.29, 1.82) is 0 Å². The molecule has 0 atom stereocenters. The summed E-state index contributed by atoms with van der Waals surface area (Å²) >= 11 is 0. The van der Waals surface area contributed by atoms with Gasteiger partial charge in [0, 0.05) is 18.4 Å². The Kier molecular flexibility index (Phi) is 6.23. The van der Waals surface area contributed by atoms with Gasteiger partial charge in [0.25, 0.3) is 11.8 Å². The number of imidazole rings is 1. The number of carbonyl (C=O) groups excluding carboxylic acids is 3. The van der Waals surface area contributed by atoms with E-state index in [1.165, 1.54) is 13.2 Å². The van der Waals surface area contributed by atoms with Crippen LogP contribution >= 0.6 is 0 Å². The van der Waals surface area contributed by atoms with Gasteiger partial charge in [0.1, 0.15) is 0 Å². The molecule has 3 rings (SSSR count). The van der Waals surface area contributed by atoms with Crippen LogP contribution in [0.5, 0.6) is 0 Å². The molecule has 0 aliphatic carbocycles. The number of rotatable bonds is 7. The zero-order valence-corrected chi connectivity index (χ0v) is 16.3. The monoisotopic (exact) mass is 394 g/mol. The maximum Gasteiger partial charge on any atom is 0.337 e. The minimum atomic E-state index is -0.501. The fraction of sp³-hybridized carbons (Fsp3) is 0.238. The van der Waals surface area contributed by atoms with Gasteiger partial charge in [0.15, 0.2) is 5.69 Å². The molecular weight excluding hydrogens is 372 g/mol. The van der Waals surface area contributed by atoms with Gasteiger partial charge in [-0.05, 0) is 36.8 Å². The van der Waals surface area contributed by atoms with E-state index in [9.17, 15) is 14.4 Å². The molecule has 0 aliphatic rings. The van der Waals surface area contributed by atoms with Gasteiger partial charge in [-0.3, -0.25) is 14.0 Å². The predicted octanol–water partition coefficient (Wildman–Crippen LogP) is 2.90. The normalized spacial score (nSPS) is 10.6. The van der Waals surface area contributed by atoms with Crippen molar-refractivity contribution in [2.24, 2.45) is 0 Å². The molecule has 0 radical (unpaired) electrons. The second-order valence-electron chi connectivity index (χ2n) is 6.38. The van der Waals surface area contributed by atoms with Crippen LogP contribution in [-0.4, -0.2) is 40.8 Å². The van der Waals surface area contributed by atoms with Crippen molar-refractivity contribution in [3.63, 3.8) is 0 Å². The average Bonchev–Trinajstić information content (AvgIpc) is 3.13. The lowest BCUT2D eigenvalue weighted by molar-refractivity contribution is 0.0600. The molecule has 0 spiro atoms. The molecule has 2 aromatic heterocycles. The summed E-state index contributed by atoms with van der Waals surface area (Å²) in [5.74, 6) is -1.25. The number of hydrogen-bond acceptors (Lipinski definition) is 5. The van der Waals surface area contributed by atoms with Crippen molar-refractivity contribution >= 4 is 29.0 Å². The van der Waals surface area contributed by atoms with E-state index in [0.717, 1.165) is 12.8 Å². The predicted molar refractivity (Wildman–Crippen MR) is 108 cm³/mol. The fourth-order valence-electron chi connectivity index (χ4n) is 2.86. The minimum absolute atomic E-state index is 0.0738. The maximum atomic E-state index is 12.8. The zero-order chi connectivity index (χ0) is 20.8. The van der Waals surface area contributed by atoms with Gasteiger partial charge in [-0.2, -0.15) is 0 Å². The van der Waals surface area contributed by atoms with Gasteiger partial charge in [0.2, 0.25) is 5.82 Å². The van der Waals surface area contributed by atoms with Crippen molar-refractivity contribution in [3.05, 3.63) is 65.7 Å². The molecule has 0 unspecified atom stereocenters. The maximum absolute atomic E-state index is 12.8. The van der Waals surface area contributed by atoms with Gasteiger partial charge in [-0.15, -0.1) is 0 Å². The number of nitrogens with zero attached hydrogens (tertiary/aromatic N) is 2. The van der Waals surface area contributed by atoms with Gasteiger partial charge in [-0.1, -0.05) is 25.5 Å². The molecule has 0 bridgehead atoms. The summed E-state index contributed by atoms with van der Waals surface area (Å²) in [4.78, 5) is 41.3. The Morgan fingerprint density at radius 3 is 2.69 bits per heavy atom. The summed E-state index contributed by atoms with van der Waals surface area (Å²) in [5.41, 5.74) is 1.46. The molecule has 8 heteroatoms. The first-order valence-electron chi connectivity index (χ1n) is 9.30. The molecular formula is C21H22N4O4. The lowest BCUT2D eigenvalue weighted by Gasteiger charge is -2.06. The van der Waals surface area contributed by atoms with Gasteiger partial charge >= 0.3 is 5.97 Å². The van der Waals surface area contributed by atoms with Crippen LogP contribution in [0.25, 0.3) is 5.52 Å². The van der Waals surface area contributed by atoms with Crippen LogP contribution in [0.15, 0.2) is 48.7 Å². The van der Waals surface area contributed by atoms with Crippen LogP contribution in [0.3, 0.4) is 0 Å². The highest BCUT2D eigenvalue weighted by molar-refractivity contribution is 6.06. The van der Waals surface area contributed by atoms with E-state index in [-0.39, 0.29) is 17.4 Å². The fourth-order valence-corrected chi connectivity index (χ4v) is 2.86. The number of amides is 2. The summed E-state index contributed by atoms with van der Waals surface area (Å²) in [6.45, 7) is 2.58. The van der Waals surface area contributed by atoms with Gasteiger partial charge in [0.05, 0.1) is 18.2 Å². The first-order valence-corrected chi connectivity index (χ1v) is 9.30. The molecule has 2 amide bonds. The van der Waals surface area contributed by atoms with Crippen LogP contribution in [0.1, 0.15) is 51.2 Å². The highest BCUT2D eigenvalue weighted by atomic mass is 16.5. The number of methoxy groups -OCH3 is 1. The van der Waals surface area contributed by atoms with Crippen molar-refractivity contribution in [1.82, 2.24) is 14.7 Å². The second kappa shape index (κ2) is 9.01. The molecule has 3 aromatic rings. The minimum Gasteiger partial charge on any atom is -0.465 e. The number of esters is 1. The van der Waals surface area contributed by atoms with E-state index in [4.69, 9.17) is 4.74 Å². The number of hydrogen-bond donors (Lipinski definition) is 2. The number of unbranched alkanes of at least 4 members (excludes halogenated alkanes) is 1. The van der Waals surface area contributed by atoms with Crippen LogP contribution in [0.2, 0.25) is 0 Å². The Morgan fingerprint density at radius 1 is 1.10 bits per heavy atom. The Labute approximate surface area is 167 Å². The zero-order valence-electron chi connectivity index (χ0n) is 16.3. The SMILES string of the molecule is CCCCNC(=O)c1nc(C(=O)Nc2cccc(C(=O)OC)c2)n2ccccc12. The topological polar surface area (TPSA) is 102 Å². The summed E-state index contributed by atoms with van der Waals surface area (Å²) < 4.78 is 6.26. The molecule has 150 valence electrons. The molecule has 8 nitrogen and oxygen atoms in total. The van der Waals surface area contributed by atoms with Gasteiger partial charge in [-0.25, -0.2) is 9.78 Å². The first-order chi connectivity index (χ1) is 14.0. The van der Waals surface area contributed by atoms with Gasteiger partial charge < -0.3 is 15.4 Å². The third-order valence-electron chi connectivity index (χ3n) is 4.32. The highest BCUT2D eigenvalue weighted by Crippen LogP contribution is 2.16. The van der Waals surface area contributed by atoms with E-state index in [1.807, 2.05) is 6.92 Å². The summed E-state index contributed by atoms with van der Waals surface area (Å²) in [6.07, 6.45) is 3.49. The smallest absolute Gasteiger partial charge is 0.337 e. The summed E-state index contributed by atoms with van der Waals surface area (Å²) in [6, 6.07) is 11.7. The number of aromatic nitrogens is 2. The average molecular weight is 394 g/mol. The van der Waals surface area contributed by atoms with E-state index in [0.29, 0.717) is 23.3 Å². The molecule has 1 aromatic carbocycles. The largest absolute Gasteiger partial charge is 0.465 e. The van der Waals surface area contributed by atoms with E-state index >= 15 is 0 Å². The molecule has 2 heterocycles. The van der Waals surface area contributed by atoms with E-state index in [1.54, 1.807) is 47.0 Å². The number of ether oxygens (including phenoxy) is 1. The van der Waals surface area contributed by atoms with E-state index < -0.39 is 11.9 Å². The molecule has 0 aliphatic heterocycles. The Balaban J connectivity index is 1.89. The molecule has 2 N–H and O–H groups in total. The van der Waals surface area contributed by atoms with Crippen molar-refractivity contribution < 1.29 is 19.1 Å². The number of anilines is 1. The number of carbonyl (C=O) groups is 3. The number of benzene rings is 1. The number of pyridine rings is 1. The molecule has 29 heavy (non-hydrogen) atoms. The summed E-state index contributed by atoms with van der Waals surface area (Å²) in [5, 5.41) is 5.54. The van der Waals surface area contributed by atoms with Crippen LogP contribution in [0, 0.1) is 0 Å². The number of nitrogens with one attached hydrogen (secondary N) is 2. The molecule has 0 saturated heterocycles. The van der Waals surface area contributed by atoms with Crippen LogP contribution in [0.4, 0.5) is 5.69 Å². The molecule has 0 saturated carbocycles. The third-order valence-corrected chi connectivity index (χ3v) is 4.32. The number of fused-ring (bicyclic) bond motifs is 1.